The number of piperidine rings is 1. The highest BCUT2D eigenvalue weighted by Gasteiger charge is 2.33. The summed E-state index contributed by atoms with van der Waals surface area (Å²) in [5.74, 6) is 0.00538. The van der Waals surface area contributed by atoms with Gasteiger partial charge in [-0.2, -0.15) is 4.31 Å². The molecule has 1 amide bonds. The minimum absolute atomic E-state index is 0.0643. The van der Waals surface area contributed by atoms with Gasteiger partial charge in [-0.1, -0.05) is 31.5 Å². The van der Waals surface area contributed by atoms with E-state index in [1.165, 1.54) is 10.4 Å². The summed E-state index contributed by atoms with van der Waals surface area (Å²) in [5, 5.41) is 3.33. The van der Waals surface area contributed by atoms with Crippen molar-refractivity contribution in [3.05, 3.63) is 28.8 Å². The number of hydrogen-bond donors (Lipinski definition) is 1. The molecular weight excluding hydrogens is 348 g/mol. The van der Waals surface area contributed by atoms with Gasteiger partial charge in [0.25, 0.3) is 0 Å². The van der Waals surface area contributed by atoms with E-state index in [9.17, 15) is 13.2 Å². The fraction of sp³-hybridized carbons (Fsp3) is 0.588. The minimum Gasteiger partial charge on any atom is -0.356 e. The first-order chi connectivity index (χ1) is 11.2. The number of rotatable bonds is 5. The highest BCUT2D eigenvalue weighted by Crippen LogP contribution is 2.26. The van der Waals surface area contributed by atoms with Crippen LogP contribution in [-0.2, 0) is 14.8 Å². The molecule has 1 aromatic carbocycles. The van der Waals surface area contributed by atoms with Crippen LogP contribution < -0.4 is 5.32 Å². The molecule has 0 spiro atoms. The molecule has 1 heterocycles. The van der Waals surface area contributed by atoms with E-state index < -0.39 is 10.0 Å². The number of sulfonamides is 1. The largest absolute Gasteiger partial charge is 0.356 e. The summed E-state index contributed by atoms with van der Waals surface area (Å²) in [6, 6.07) is 4.75. The third-order valence-corrected chi connectivity index (χ3v) is 6.49. The van der Waals surface area contributed by atoms with E-state index in [2.05, 4.69) is 5.32 Å². The molecule has 134 valence electrons. The van der Waals surface area contributed by atoms with Crippen LogP contribution in [0.5, 0.6) is 0 Å². The van der Waals surface area contributed by atoms with Crippen molar-refractivity contribution in [2.24, 2.45) is 11.8 Å². The molecule has 1 saturated heterocycles. The molecule has 1 N–H and O–H groups in total. The first-order valence-corrected chi connectivity index (χ1v) is 10.1. The maximum absolute atomic E-state index is 12.8. The molecule has 1 unspecified atom stereocenters. The molecule has 1 aliphatic rings. The van der Waals surface area contributed by atoms with E-state index in [1.54, 1.807) is 12.1 Å². The molecule has 0 aliphatic carbocycles. The topological polar surface area (TPSA) is 66.5 Å². The summed E-state index contributed by atoms with van der Waals surface area (Å²) in [6.07, 6.45) is 1.39. The van der Waals surface area contributed by atoms with Gasteiger partial charge in [0.15, 0.2) is 0 Å². The van der Waals surface area contributed by atoms with Crippen LogP contribution in [0.1, 0.15) is 32.3 Å². The minimum atomic E-state index is -3.63. The van der Waals surface area contributed by atoms with Gasteiger partial charge in [-0.05, 0) is 43.4 Å². The van der Waals surface area contributed by atoms with E-state index in [4.69, 9.17) is 11.6 Å². The van der Waals surface area contributed by atoms with E-state index >= 15 is 0 Å². The predicted molar refractivity (Wildman–Crippen MR) is 95.5 cm³/mol. The molecule has 0 radical (unpaired) electrons. The lowest BCUT2D eigenvalue weighted by molar-refractivity contribution is -0.126. The zero-order valence-electron chi connectivity index (χ0n) is 14.4. The number of amides is 1. The molecule has 1 atom stereocenters. The van der Waals surface area contributed by atoms with Crippen molar-refractivity contribution in [2.45, 2.75) is 38.5 Å². The van der Waals surface area contributed by atoms with Gasteiger partial charge >= 0.3 is 0 Å². The monoisotopic (exact) mass is 372 g/mol. The molecule has 0 aromatic heterocycles. The van der Waals surface area contributed by atoms with Crippen LogP contribution in [0.4, 0.5) is 0 Å². The van der Waals surface area contributed by atoms with Gasteiger partial charge in [0, 0.05) is 24.7 Å². The normalized spacial score (nSPS) is 19.5. The third kappa shape index (κ3) is 4.49. The van der Waals surface area contributed by atoms with Crippen molar-refractivity contribution in [3.63, 3.8) is 0 Å². The van der Waals surface area contributed by atoms with Crippen LogP contribution in [0.2, 0.25) is 5.02 Å². The Morgan fingerprint density at radius 3 is 2.75 bits per heavy atom. The van der Waals surface area contributed by atoms with Gasteiger partial charge in [0.05, 0.1) is 10.8 Å². The number of hydrogen-bond acceptors (Lipinski definition) is 3. The number of nitrogens with one attached hydrogen (secondary N) is 1. The zero-order valence-corrected chi connectivity index (χ0v) is 16.0. The third-order valence-electron chi connectivity index (χ3n) is 4.22. The Kier molecular flexibility index (Phi) is 6.28. The van der Waals surface area contributed by atoms with Crippen molar-refractivity contribution in [2.75, 3.05) is 19.6 Å². The van der Waals surface area contributed by atoms with Gasteiger partial charge in [-0.25, -0.2) is 8.42 Å². The van der Waals surface area contributed by atoms with Crippen LogP contribution in [0, 0.1) is 18.8 Å². The van der Waals surface area contributed by atoms with Crippen LogP contribution >= 0.6 is 11.6 Å². The van der Waals surface area contributed by atoms with Crippen molar-refractivity contribution < 1.29 is 13.2 Å². The summed E-state index contributed by atoms with van der Waals surface area (Å²) >= 11 is 6.06. The van der Waals surface area contributed by atoms with Crippen molar-refractivity contribution in [1.29, 1.82) is 0 Å². The van der Waals surface area contributed by atoms with Gasteiger partial charge in [0.2, 0.25) is 15.9 Å². The Balaban J connectivity index is 2.12. The second kappa shape index (κ2) is 7.85. The molecule has 0 saturated carbocycles. The number of nitrogens with zero attached hydrogens (tertiary/aromatic N) is 1. The highest BCUT2D eigenvalue weighted by atomic mass is 35.5. The van der Waals surface area contributed by atoms with Crippen molar-refractivity contribution in [1.82, 2.24) is 9.62 Å². The molecule has 2 rings (SSSR count). The second-order valence-corrected chi connectivity index (χ2v) is 9.10. The highest BCUT2D eigenvalue weighted by molar-refractivity contribution is 7.89. The van der Waals surface area contributed by atoms with E-state index in [1.807, 2.05) is 20.8 Å². The molecule has 5 nitrogen and oxygen atoms in total. The Labute approximate surface area is 149 Å². The summed E-state index contributed by atoms with van der Waals surface area (Å²) in [5.41, 5.74) is 0.834. The lowest BCUT2D eigenvalue weighted by atomic mass is 9.98. The molecule has 7 heteroatoms. The van der Waals surface area contributed by atoms with E-state index in [-0.39, 0.29) is 23.3 Å². The molecule has 1 aromatic rings. The molecular formula is C17H25ClN2O3S. The van der Waals surface area contributed by atoms with Crippen LogP contribution in [-0.4, -0.2) is 38.3 Å². The van der Waals surface area contributed by atoms with E-state index in [0.29, 0.717) is 36.9 Å². The van der Waals surface area contributed by atoms with Gasteiger partial charge in [-0.15, -0.1) is 0 Å². The van der Waals surface area contributed by atoms with Crippen LogP contribution in [0.25, 0.3) is 0 Å². The fourth-order valence-electron chi connectivity index (χ4n) is 2.71. The number of aryl methyl sites for hydroxylation is 1. The summed E-state index contributed by atoms with van der Waals surface area (Å²) in [6.45, 7) is 7.14. The second-order valence-electron chi connectivity index (χ2n) is 6.75. The van der Waals surface area contributed by atoms with Crippen LogP contribution in [0.3, 0.4) is 0 Å². The lowest BCUT2D eigenvalue weighted by Crippen LogP contribution is -2.45. The summed E-state index contributed by atoms with van der Waals surface area (Å²) in [7, 11) is -3.63. The maximum atomic E-state index is 12.8. The zero-order chi connectivity index (χ0) is 17.9. The smallest absolute Gasteiger partial charge is 0.243 e. The van der Waals surface area contributed by atoms with E-state index in [0.717, 1.165) is 5.56 Å². The molecule has 1 fully saturated rings. The summed E-state index contributed by atoms with van der Waals surface area (Å²) in [4.78, 5) is 12.4. The molecule has 24 heavy (non-hydrogen) atoms. The van der Waals surface area contributed by atoms with Gasteiger partial charge < -0.3 is 5.32 Å². The lowest BCUT2D eigenvalue weighted by Gasteiger charge is -2.31. The Bertz CT molecular complexity index is 704. The Morgan fingerprint density at radius 1 is 1.42 bits per heavy atom. The average molecular weight is 373 g/mol. The number of carbonyl (C=O) groups is 1. The van der Waals surface area contributed by atoms with Gasteiger partial charge in [0.1, 0.15) is 0 Å². The quantitative estimate of drug-likeness (QED) is 0.864. The predicted octanol–water partition coefficient (Wildman–Crippen LogP) is 2.82. The number of carbonyl (C=O) groups excluding carboxylic acids is 1. The van der Waals surface area contributed by atoms with Gasteiger partial charge in [-0.3, -0.25) is 4.79 Å². The standard InChI is InChI=1S/C17H25ClN2O3S/c1-12(2)10-19-17(21)14-5-4-8-20(11-14)24(22,23)15-7-6-13(3)16(18)9-15/h6-7,9,12,14H,4-5,8,10-11H2,1-3H3,(H,19,21). The van der Waals surface area contributed by atoms with Crippen molar-refractivity contribution in [3.8, 4) is 0 Å². The Hall–Kier alpha value is -1.11. The summed E-state index contributed by atoms with van der Waals surface area (Å²) < 4.78 is 27.0. The Morgan fingerprint density at radius 2 is 2.12 bits per heavy atom. The first-order valence-electron chi connectivity index (χ1n) is 8.26. The molecule has 1 aliphatic heterocycles. The number of halogens is 1. The maximum Gasteiger partial charge on any atom is 0.243 e. The first kappa shape index (κ1) is 19.2. The van der Waals surface area contributed by atoms with Crippen LogP contribution in [0.15, 0.2) is 23.1 Å². The number of benzene rings is 1. The molecule has 0 bridgehead atoms. The van der Waals surface area contributed by atoms with Crippen molar-refractivity contribution >= 4 is 27.5 Å². The fourth-order valence-corrected chi connectivity index (χ4v) is 4.50. The average Bonchev–Trinajstić information content (AvgIpc) is 2.55. The SMILES string of the molecule is Cc1ccc(S(=O)(=O)N2CCCC(C(=O)NCC(C)C)C2)cc1Cl.